The number of rotatable bonds is 4. The lowest BCUT2D eigenvalue weighted by Crippen LogP contribution is -2.45. The Hall–Kier alpha value is -1.33. The highest BCUT2D eigenvalue weighted by Crippen LogP contribution is 2.40. The summed E-state index contributed by atoms with van der Waals surface area (Å²) in [6, 6.07) is 9.80. The van der Waals surface area contributed by atoms with E-state index in [4.69, 9.17) is 15.0 Å². The van der Waals surface area contributed by atoms with Gasteiger partial charge in [0.05, 0.1) is 11.2 Å². The molecule has 102 valence electrons. The Balaban J connectivity index is 2.16. The van der Waals surface area contributed by atoms with Gasteiger partial charge in [-0.2, -0.15) is 0 Å². The van der Waals surface area contributed by atoms with Gasteiger partial charge >= 0.3 is 7.12 Å². The lowest BCUT2D eigenvalue weighted by atomic mass is 9.79. The van der Waals surface area contributed by atoms with Crippen molar-refractivity contribution >= 4 is 18.5 Å². The molecule has 0 spiro atoms. The smallest absolute Gasteiger partial charge is 0.399 e. The van der Waals surface area contributed by atoms with Gasteiger partial charge in [-0.1, -0.05) is 30.3 Å². The summed E-state index contributed by atoms with van der Waals surface area (Å²) in [5.74, 6) is -0.316. The average molecular weight is 261 g/mol. The van der Waals surface area contributed by atoms with Crippen LogP contribution in [-0.2, 0) is 14.1 Å². The molecule has 1 saturated heterocycles. The minimum absolute atomic E-state index is 0.296. The van der Waals surface area contributed by atoms with Crippen LogP contribution in [0.1, 0.15) is 33.6 Å². The summed E-state index contributed by atoms with van der Waals surface area (Å²) < 4.78 is 12.1. The van der Waals surface area contributed by atoms with Crippen molar-refractivity contribution in [3.63, 3.8) is 0 Å². The number of amides is 1. The first-order valence-electron chi connectivity index (χ1n) is 6.53. The van der Waals surface area contributed by atoms with Crippen LogP contribution in [0.3, 0.4) is 0 Å². The molecule has 1 amide bonds. The van der Waals surface area contributed by atoms with Crippen LogP contribution in [0, 0.1) is 0 Å². The molecule has 1 aliphatic heterocycles. The maximum absolute atomic E-state index is 11.0. The van der Waals surface area contributed by atoms with Gasteiger partial charge in [0, 0.05) is 6.42 Å². The maximum Gasteiger partial charge on any atom is 0.494 e. The Bertz CT molecular complexity index is 463. The van der Waals surface area contributed by atoms with Crippen molar-refractivity contribution in [1.29, 1.82) is 0 Å². The molecule has 1 unspecified atom stereocenters. The van der Waals surface area contributed by atoms with E-state index < -0.39 is 18.3 Å². The molecule has 1 aliphatic rings. The topological polar surface area (TPSA) is 61.6 Å². The molecule has 1 aromatic carbocycles. The Morgan fingerprint density at radius 2 is 1.84 bits per heavy atom. The zero-order chi connectivity index (χ0) is 14.1. The monoisotopic (exact) mass is 261 g/mol. The number of primary amides is 1. The molecule has 0 radical (unpaired) electrons. The van der Waals surface area contributed by atoms with E-state index in [0.717, 1.165) is 5.46 Å². The fourth-order valence-electron chi connectivity index (χ4n) is 2.26. The first kappa shape index (κ1) is 14.1. The van der Waals surface area contributed by atoms with E-state index in [2.05, 4.69) is 0 Å². The molecule has 1 aromatic rings. The second-order valence-corrected chi connectivity index (χ2v) is 5.69. The molecule has 0 saturated carbocycles. The SMILES string of the molecule is CC1(C)OB(c2ccccc2)OC1(C)CCC(N)=O. The predicted molar refractivity (Wildman–Crippen MR) is 74.9 cm³/mol. The highest BCUT2D eigenvalue weighted by atomic mass is 16.7. The standard InChI is InChI=1S/C14H20BNO3/c1-13(2)14(3,10-9-12(16)17)19-15(18-13)11-7-5-4-6-8-11/h4-8H,9-10H2,1-3H3,(H2,16,17). The van der Waals surface area contributed by atoms with Crippen LogP contribution in [0.4, 0.5) is 0 Å². The second-order valence-electron chi connectivity index (χ2n) is 5.69. The van der Waals surface area contributed by atoms with Gasteiger partial charge in [0.25, 0.3) is 0 Å². The molecular formula is C14H20BNO3. The number of hydrogen-bond donors (Lipinski definition) is 1. The third-order valence-electron chi connectivity index (χ3n) is 3.96. The maximum atomic E-state index is 11.0. The van der Waals surface area contributed by atoms with E-state index in [9.17, 15) is 4.79 Å². The van der Waals surface area contributed by atoms with Crippen molar-refractivity contribution in [2.24, 2.45) is 5.73 Å². The number of benzene rings is 1. The Morgan fingerprint density at radius 1 is 1.21 bits per heavy atom. The van der Waals surface area contributed by atoms with Crippen molar-refractivity contribution < 1.29 is 14.1 Å². The lowest BCUT2D eigenvalue weighted by molar-refractivity contribution is -0.119. The zero-order valence-electron chi connectivity index (χ0n) is 11.7. The Morgan fingerprint density at radius 3 is 2.42 bits per heavy atom. The first-order chi connectivity index (χ1) is 8.84. The van der Waals surface area contributed by atoms with Crippen molar-refractivity contribution in [2.75, 3.05) is 0 Å². The quantitative estimate of drug-likeness (QED) is 0.829. The third-order valence-corrected chi connectivity index (χ3v) is 3.96. The summed E-state index contributed by atoms with van der Waals surface area (Å²) in [5.41, 5.74) is 5.22. The Labute approximate surface area is 114 Å². The van der Waals surface area contributed by atoms with E-state index in [0.29, 0.717) is 12.8 Å². The summed E-state index contributed by atoms with van der Waals surface area (Å²) >= 11 is 0. The normalized spacial score (nSPS) is 25.5. The van der Waals surface area contributed by atoms with Gasteiger partial charge in [0.2, 0.25) is 5.91 Å². The highest BCUT2D eigenvalue weighted by molar-refractivity contribution is 6.62. The van der Waals surface area contributed by atoms with Crippen molar-refractivity contribution in [1.82, 2.24) is 0 Å². The van der Waals surface area contributed by atoms with Gasteiger partial charge in [-0.3, -0.25) is 4.79 Å². The molecule has 2 N–H and O–H groups in total. The molecule has 1 atom stereocenters. The van der Waals surface area contributed by atoms with Crippen LogP contribution in [0.15, 0.2) is 30.3 Å². The van der Waals surface area contributed by atoms with Crippen LogP contribution in [-0.4, -0.2) is 24.2 Å². The second kappa shape index (κ2) is 4.98. The third kappa shape index (κ3) is 2.82. The van der Waals surface area contributed by atoms with E-state index in [1.54, 1.807) is 0 Å². The molecule has 0 bridgehead atoms. The van der Waals surface area contributed by atoms with Crippen LogP contribution < -0.4 is 11.2 Å². The van der Waals surface area contributed by atoms with E-state index in [1.165, 1.54) is 0 Å². The molecular weight excluding hydrogens is 241 g/mol. The number of carbonyl (C=O) groups is 1. The first-order valence-corrected chi connectivity index (χ1v) is 6.53. The zero-order valence-corrected chi connectivity index (χ0v) is 11.7. The van der Waals surface area contributed by atoms with Gasteiger partial charge in [0.15, 0.2) is 0 Å². The average Bonchev–Trinajstić information content (AvgIpc) is 2.60. The summed E-state index contributed by atoms with van der Waals surface area (Å²) in [4.78, 5) is 11.0. The fourth-order valence-corrected chi connectivity index (χ4v) is 2.26. The lowest BCUT2D eigenvalue weighted by Gasteiger charge is -2.36. The molecule has 0 aliphatic carbocycles. The molecule has 2 rings (SSSR count). The van der Waals surface area contributed by atoms with Crippen LogP contribution in [0.25, 0.3) is 0 Å². The number of hydrogen-bond acceptors (Lipinski definition) is 3. The van der Waals surface area contributed by atoms with Gasteiger partial charge < -0.3 is 15.0 Å². The van der Waals surface area contributed by atoms with E-state index in [1.807, 2.05) is 51.1 Å². The largest absolute Gasteiger partial charge is 0.494 e. The summed E-state index contributed by atoms with van der Waals surface area (Å²) in [7, 11) is -0.394. The molecule has 4 nitrogen and oxygen atoms in total. The van der Waals surface area contributed by atoms with Gasteiger partial charge in [-0.05, 0) is 32.7 Å². The van der Waals surface area contributed by atoms with E-state index >= 15 is 0 Å². The summed E-state index contributed by atoms with van der Waals surface area (Å²) in [5, 5.41) is 0. The minimum atomic E-state index is -0.525. The van der Waals surface area contributed by atoms with E-state index in [-0.39, 0.29) is 5.91 Å². The number of nitrogens with two attached hydrogens (primary N) is 1. The van der Waals surface area contributed by atoms with Gasteiger partial charge in [0.1, 0.15) is 0 Å². The molecule has 19 heavy (non-hydrogen) atoms. The van der Waals surface area contributed by atoms with Crippen LogP contribution >= 0.6 is 0 Å². The van der Waals surface area contributed by atoms with Crippen LogP contribution in [0.5, 0.6) is 0 Å². The predicted octanol–water partition coefficient (Wildman–Crippen LogP) is 1.23. The van der Waals surface area contributed by atoms with Crippen LogP contribution in [0.2, 0.25) is 0 Å². The minimum Gasteiger partial charge on any atom is -0.399 e. The molecule has 0 aromatic heterocycles. The van der Waals surface area contributed by atoms with Crippen molar-refractivity contribution in [3.05, 3.63) is 30.3 Å². The molecule has 5 heteroatoms. The highest BCUT2D eigenvalue weighted by Gasteiger charge is 2.54. The Kier molecular flexibility index (Phi) is 3.70. The summed E-state index contributed by atoms with van der Waals surface area (Å²) in [6.07, 6.45) is 0.851. The van der Waals surface area contributed by atoms with Gasteiger partial charge in [-0.25, -0.2) is 0 Å². The van der Waals surface area contributed by atoms with Crippen molar-refractivity contribution in [3.8, 4) is 0 Å². The van der Waals surface area contributed by atoms with Crippen molar-refractivity contribution in [2.45, 2.75) is 44.8 Å². The summed E-state index contributed by atoms with van der Waals surface area (Å²) in [6.45, 7) is 5.94. The van der Waals surface area contributed by atoms with Gasteiger partial charge in [-0.15, -0.1) is 0 Å². The molecule has 1 fully saturated rings. The molecule has 1 heterocycles. The number of carbonyl (C=O) groups excluding carboxylic acids is 1. The fraction of sp³-hybridized carbons (Fsp3) is 0.500.